The van der Waals surface area contributed by atoms with E-state index in [1.807, 2.05) is 0 Å². The van der Waals surface area contributed by atoms with Crippen LogP contribution in [0.25, 0.3) is 0 Å². The number of benzene rings is 1. The number of amides is 1. The number of unbranched alkanes of at least 4 members (excludes halogenated alkanes) is 5. The second-order valence-electron chi connectivity index (χ2n) is 6.30. The Morgan fingerprint density at radius 2 is 1.83 bits per heavy atom. The first kappa shape index (κ1) is 17.8. The van der Waals surface area contributed by atoms with Crippen LogP contribution in [0.5, 0.6) is 0 Å². The average molecular weight is 327 g/mol. The van der Waals surface area contributed by atoms with Gasteiger partial charge in [-0.2, -0.15) is 13.2 Å². The van der Waals surface area contributed by atoms with Gasteiger partial charge < -0.3 is 5.32 Å². The maximum atomic E-state index is 12.7. The summed E-state index contributed by atoms with van der Waals surface area (Å²) in [6.07, 6.45) is 4.22. The highest BCUT2D eigenvalue weighted by molar-refractivity contribution is 5.97. The van der Waals surface area contributed by atoms with E-state index in [0.29, 0.717) is 6.42 Å². The SMILES string of the molecule is CCCCCCCCC1Cc2ccc(C(F)(F)F)cc2C(=O)N1. The molecule has 0 aliphatic carbocycles. The molecule has 0 saturated heterocycles. The fourth-order valence-corrected chi connectivity index (χ4v) is 3.07. The molecule has 1 atom stereocenters. The minimum atomic E-state index is -4.41. The van der Waals surface area contributed by atoms with E-state index in [2.05, 4.69) is 12.2 Å². The van der Waals surface area contributed by atoms with Crippen LogP contribution >= 0.6 is 0 Å². The van der Waals surface area contributed by atoms with Crippen molar-refractivity contribution in [1.82, 2.24) is 5.32 Å². The Bertz CT molecular complexity index is 540. The summed E-state index contributed by atoms with van der Waals surface area (Å²) in [4.78, 5) is 12.1. The minimum Gasteiger partial charge on any atom is -0.349 e. The van der Waals surface area contributed by atoms with Crippen molar-refractivity contribution in [3.63, 3.8) is 0 Å². The molecule has 1 aromatic rings. The number of hydrogen-bond acceptors (Lipinski definition) is 1. The topological polar surface area (TPSA) is 29.1 Å². The highest BCUT2D eigenvalue weighted by Crippen LogP contribution is 2.32. The van der Waals surface area contributed by atoms with Gasteiger partial charge >= 0.3 is 6.18 Å². The van der Waals surface area contributed by atoms with Gasteiger partial charge in [0.05, 0.1) is 5.56 Å². The Balaban J connectivity index is 1.90. The molecule has 1 heterocycles. The van der Waals surface area contributed by atoms with E-state index in [1.165, 1.54) is 31.7 Å². The van der Waals surface area contributed by atoms with Crippen LogP contribution in [0.4, 0.5) is 13.2 Å². The number of halogens is 3. The van der Waals surface area contributed by atoms with E-state index in [0.717, 1.165) is 37.0 Å². The summed E-state index contributed by atoms with van der Waals surface area (Å²) < 4.78 is 38.2. The normalized spacial score (nSPS) is 17.7. The predicted octanol–water partition coefficient (Wildman–Crippen LogP) is 5.11. The molecule has 1 unspecified atom stereocenters. The van der Waals surface area contributed by atoms with Crippen molar-refractivity contribution in [2.75, 3.05) is 0 Å². The maximum Gasteiger partial charge on any atom is 0.416 e. The lowest BCUT2D eigenvalue weighted by Gasteiger charge is -2.26. The number of rotatable bonds is 7. The molecule has 23 heavy (non-hydrogen) atoms. The van der Waals surface area contributed by atoms with Gasteiger partial charge in [0.1, 0.15) is 0 Å². The first-order valence-electron chi connectivity index (χ1n) is 8.42. The Morgan fingerprint density at radius 1 is 1.13 bits per heavy atom. The molecule has 0 fully saturated rings. The largest absolute Gasteiger partial charge is 0.416 e. The van der Waals surface area contributed by atoms with Crippen molar-refractivity contribution in [1.29, 1.82) is 0 Å². The number of carbonyl (C=O) groups excluding carboxylic acids is 1. The Hall–Kier alpha value is -1.52. The third-order valence-corrected chi connectivity index (χ3v) is 4.39. The molecule has 0 bridgehead atoms. The Kier molecular flexibility index (Phi) is 6.08. The lowest BCUT2D eigenvalue weighted by Crippen LogP contribution is -2.41. The van der Waals surface area contributed by atoms with Gasteiger partial charge in [-0.1, -0.05) is 51.5 Å². The second kappa shape index (κ2) is 7.84. The third kappa shape index (κ3) is 4.98. The average Bonchev–Trinajstić information content (AvgIpc) is 2.49. The van der Waals surface area contributed by atoms with Crippen LogP contribution in [0, 0.1) is 0 Å². The van der Waals surface area contributed by atoms with Crippen molar-refractivity contribution in [2.24, 2.45) is 0 Å². The van der Waals surface area contributed by atoms with Crippen LogP contribution in [0.2, 0.25) is 0 Å². The molecular weight excluding hydrogens is 303 g/mol. The van der Waals surface area contributed by atoms with E-state index in [4.69, 9.17) is 0 Å². The number of nitrogens with one attached hydrogen (secondary N) is 1. The lowest BCUT2D eigenvalue weighted by atomic mass is 9.91. The van der Waals surface area contributed by atoms with Crippen molar-refractivity contribution in [2.45, 2.75) is 70.5 Å². The summed E-state index contributed by atoms with van der Waals surface area (Å²) in [5.41, 5.74) is 0.123. The molecule has 1 N–H and O–H groups in total. The van der Waals surface area contributed by atoms with Crippen LogP contribution in [0.3, 0.4) is 0 Å². The zero-order chi connectivity index (χ0) is 16.9. The molecule has 1 aliphatic rings. The van der Waals surface area contributed by atoms with Gasteiger partial charge in [0, 0.05) is 11.6 Å². The number of fused-ring (bicyclic) bond motifs is 1. The van der Waals surface area contributed by atoms with Gasteiger partial charge in [-0.15, -0.1) is 0 Å². The summed E-state index contributed by atoms with van der Waals surface area (Å²) in [6.45, 7) is 2.18. The zero-order valence-corrected chi connectivity index (χ0v) is 13.5. The standard InChI is InChI=1S/C18H24F3NO/c1-2-3-4-5-6-7-8-15-11-13-9-10-14(18(19,20)21)12-16(13)17(23)22-15/h9-10,12,15H,2-8,11H2,1H3,(H,22,23). The van der Waals surface area contributed by atoms with Gasteiger partial charge in [-0.25, -0.2) is 0 Å². The lowest BCUT2D eigenvalue weighted by molar-refractivity contribution is -0.137. The molecule has 0 spiro atoms. The smallest absolute Gasteiger partial charge is 0.349 e. The molecule has 128 valence electrons. The predicted molar refractivity (Wildman–Crippen MR) is 84.4 cm³/mol. The minimum absolute atomic E-state index is 0.0397. The molecular formula is C18H24F3NO. The molecule has 1 aliphatic heterocycles. The van der Waals surface area contributed by atoms with Gasteiger partial charge in [0.2, 0.25) is 0 Å². The molecule has 1 aromatic carbocycles. The van der Waals surface area contributed by atoms with Crippen LogP contribution in [0.1, 0.15) is 73.4 Å². The number of carbonyl (C=O) groups is 1. The molecule has 0 radical (unpaired) electrons. The van der Waals surface area contributed by atoms with E-state index >= 15 is 0 Å². The van der Waals surface area contributed by atoms with Gasteiger partial charge in [0.25, 0.3) is 5.91 Å². The number of alkyl halides is 3. The monoisotopic (exact) mass is 327 g/mol. The zero-order valence-electron chi connectivity index (χ0n) is 13.5. The van der Waals surface area contributed by atoms with Crippen LogP contribution in [-0.2, 0) is 12.6 Å². The molecule has 2 rings (SSSR count). The maximum absolute atomic E-state index is 12.7. The summed E-state index contributed by atoms with van der Waals surface area (Å²) in [5.74, 6) is -0.381. The Labute approximate surface area is 135 Å². The van der Waals surface area contributed by atoms with Crippen LogP contribution in [-0.4, -0.2) is 11.9 Å². The molecule has 0 saturated carbocycles. The Morgan fingerprint density at radius 3 is 2.52 bits per heavy atom. The fraction of sp³-hybridized carbons (Fsp3) is 0.611. The third-order valence-electron chi connectivity index (χ3n) is 4.39. The molecule has 0 aromatic heterocycles. The first-order chi connectivity index (χ1) is 10.9. The second-order valence-corrected chi connectivity index (χ2v) is 6.30. The quantitative estimate of drug-likeness (QED) is 0.693. The van der Waals surface area contributed by atoms with E-state index in [-0.39, 0.29) is 17.5 Å². The van der Waals surface area contributed by atoms with Gasteiger partial charge in [-0.05, 0) is 30.5 Å². The van der Waals surface area contributed by atoms with Crippen molar-refractivity contribution in [3.8, 4) is 0 Å². The fourth-order valence-electron chi connectivity index (χ4n) is 3.07. The highest BCUT2D eigenvalue weighted by Gasteiger charge is 2.33. The van der Waals surface area contributed by atoms with E-state index in [1.54, 1.807) is 0 Å². The highest BCUT2D eigenvalue weighted by atomic mass is 19.4. The summed E-state index contributed by atoms with van der Waals surface area (Å²) in [6, 6.07) is 3.52. The van der Waals surface area contributed by atoms with Crippen molar-refractivity contribution >= 4 is 5.91 Å². The summed E-state index contributed by atoms with van der Waals surface area (Å²) >= 11 is 0. The van der Waals surface area contributed by atoms with Crippen LogP contribution < -0.4 is 5.32 Å². The summed E-state index contributed by atoms with van der Waals surface area (Å²) in [5, 5.41) is 2.85. The van der Waals surface area contributed by atoms with E-state index in [9.17, 15) is 18.0 Å². The molecule has 1 amide bonds. The van der Waals surface area contributed by atoms with Crippen LogP contribution in [0.15, 0.2) is 18.2 Å². The van der Waals surface area contributed by atoms with Gasteiger partial charge in [-0.3, -0.25) is 4.79 Å². The summed E-state index contributed by atoms with van der Waals surface area (Å²) in [7, 11) is 0. The number of hydrogen-bond donors (Lipinski definition) is 1. The van der Waals surface area contributed by atoms with Crippen molar-refractivity contribution < 1.29 is 18.0 Å². The van der Waals surface area contributed by atoms with E-state index < -0.39 is 11.7 Å². The van der Waals surface area contributed by atoms with Gasteiger partial charge in [0.15, 0.2) is 0 Å². The first-order valence-corrected chi connectivity index (χ1v) is 8.42. The molecule has 5 heteroatoms. The van der Waals surface area contributed by atoms with Crippen molar-refractivity contribution in [3.05, 3.63) is 34.9 Å². The molecule has 2 nitrogen and oxygen atoms in total.